The van der Waals surface area contributed by atoms with Gasteiger partial charge in [0.15, 0.2) is 5.11 Å². The van der Waals surface area contributed by atoms with Crippen molar-refractivity contribution < 1.29 is 4.92 Å². The van der Waals surface area contributed by atoms with Crippen LogP contribution in [0.3, 0.4) is 0 Å². The average molecular weight is 417 g/mol. The number of nitro benzene ring substituents is 1. The van der Waals surface area contributed by atoms with Gasteiger partial charge in [-0.2, -0.15) is 0 Å². The van der Waals surface area contributed by atoms with Crippen LogP contribution in [0.1, 0.15) is 5.56 Å². The maximum atomic E-state index is 10.9. The number of anilines is 1. The Hall–Kier alpha value is -2.48. The Labute approximate surface area is 174 Å². The van der Waals surface area contributed by atoms with Gasteiger partial charge in [0.25, 0.3) is 5.69 Å². The van der Waals surface area contributed by atoms with E-state index in [0.29, 0.717) is 15.8 Å². The van der Waals surface area contributed by atoms with E-state index in [4.69, 9.17) is 23.8 Å². The first-order chi connectivity index (χ1) is 13.5. The largest absolute Gasteiger partial charge is 0.346 e. The Morgan fingerprint density at radius 1 is 1.18 bits per heavy atom. The van der Waals surface area contributed by atoms with Crippen LogP contribution in [0.2, 0.25) is 5.02 Å². The molecule has 1 saturated heterocycles. The third-order valence-electron chi connectivity index (χ3n) is 4.54. The van der Waals surface area contributed by atoms with E-state index in [1.165, 1.54) is 23.8 Å². The lowest BCUT2D eigenvalue weighted by atomic mass is 10.2. The lowest BCUT2D eigenvalue weighted by molar-refractivity contribution is -0.384. The van der Waals surface area contributed by atoms with Crippen LogP contribution < -0.4 is 5.32 Å². The Kier molecular flexibility index (Phi) is 6.97. The van der Waals surface area contributed by atoms with Crippen molar-refractivity contribution in [3.63, 3.8) is 0 Å². The fraction of sp³-hybridized carbons (Fsp3) is 0.250. The summed E-state index contributed by atoms with van der Waals surface area (Å²) in [7, 11) is 0. The van der Waals surface area contributed by atoms with Crippen molar-refractivity contribution in [1.29, 1.82) is 0 Å². The molecule has 0 unspecified atom stereocenters. The summed E-state index contributed by atoms with van der Waals surface area (Å²) in [5, 5.41) is 14.9. The SMILES string of the molecule is O=[N+]([O-])c1ccc(Cl)c(NC(=S)N2CCN(C/C=C/c3ccccc3)CC2)c1. The summed E-state index contributed by atoms with van der Waals surface area (Å²) in [5.74, 6) is 0. The summed E-state index contributed by atoms with van der Waals surface area (Å²) in [6.45, 7) is 4.25. The number of hydrogen-bond acceptors (Lipinski definition) is 4. The molecule has 0 aromatic heterocycles. The first-order valence-corrected chi connectivity index (χ1v) is 9.75. The van der Waals surface area contributed by atoms with Crippen LogP contribution in [0.15, 0.2) is 54.6 Å². The molecule has 0 aliphatic carbocycles. The number of nitrogens with zero attached hydrogens (tertiary/aromatic N) is 3. The van der Waals surface area contributed by atoms with E-state index >= 15 is 0 Å². The highest BCUT2D eigenvalue weighted by Crippen LogP contribution is 2.27. The van der Waals surface area contributed by atoms with Crippen LogP contribution in [0.25, 0.3) is 6.08 Å². The van der Waals surface area contributed by atoms with E-state index in [0.717, 1.165) is 32.7 Å². The van der Waals surface area contributed by atoms with Gasteiger partial charge in [-0.1, -0.05) is 54.1 Å². The molecule has 3 rings (SSSR count). The molecule has 1 fully saturated rings. The van der Waals surface area contributed by atoms with Crippen LogP contribution in [0, 0.1) is 10.1 Å². The number of non-ortho nitro benzene ring substituents is 1. The highest BCUT2D eigenvalue weighted by atomic mass is 35.5. The molecule has 28 heavy (non-hydrogen) atoms. The van der Waals surface area contributed by atoms with Crippen molar-refractivity contribution in [2.75, 3.05) is 38.0 Å². The highest BCUT2D eigenvalue weighted by Gasteiger charge is 2.19. The van der Waals surface area contributed by atoms with Gasteiger partial charge in [0.2, 0.25) is 0 Å². The number of piperazine rings is 1. The minimum absolute atomic E-state index is 0.0234. The van der Waals surface area contributed by atoms with Gasteiger partial charge < -0.3 is 10.2 Å². The van der Waals surface area contributed by atoms with Crippen molar-refractivity contribution >= 4 is 46.4 Å². The number of halogens is 1. The molecule has 0 atom stereocenters. The van der Waals surface area contributed by atoms with Gasteiger partial charge >= 0.3 is 0 Å². The number of benzene rings is 2. The molecule has 146 valence electrons. The molecule has 2 aromatic rings. The van der Waals surface area contributed by atoms with Crippen LogP contribution in [-0.4, -0.2) is 52.6 Å². The molecule has 0 saturated carbocycles. The third kappa shape index (κ3) is 5.51. The van der Waals surface area contributed by atoms with Crippen LogP contribution in [0.5, 0.6) is 0 Å². The van der Waals surface area contributed by atoms with Crippen molar-refractivity contribution in [2.45, 2.75) is 0 Å². The van der Waals surface area contributed by atoms with E-state index in [-0.39, 0.29) is 5.69 Å². The van der Waals surface area contributed by atoms with Crippen molar-refractivity contribution in [1.82, 2.24) is 9.80 Å². The zero-order chi connectivity index (χ0) is 19.9. The smallest absolute Gasteiger partial charge is 0.271 e. The Morgan fingerprint density at radius 3 is 2.57 bits per heavy atom. The number of hydrogen-bond donors (Lipinski definition) is 1. The topological polar surface area (TPSA) is 61.7 Å². The maximum Gasteiger partial charge on any atom is 0.271 e. The van der Waals surface area contributed by atoms with Gasteiger partial charge in [0.1, 0.15) is 0 Å². The molecule has 2 aromatic carbocycles. The van der Waals surface area contributed by atoms with Gasteiger partial charge in [-0.05, 0) is 23.8 Å². The highest BCUT2D eigenvalue weighted by molar-refractivity contribution is 7.80. The average Bonchev–Trinajstić information content (AvgIpc) is 2.70. The zero-order valence-corrected chi connectivity index (χ0v) is 16.8. The number of nitro groups is 1. The molecular formula is C20H21ClN4O2S. The number of rotatable bonds is 5. The minimum atomic E-state index is -0.452. The molecule has 0 amide bonds. The Bertz CT molecular complexity index is 868. The normalized spacial score (nSPS) is 15.0. The van der Waals surface area contributed by atoms with E-state index in [9.17, 15) is 10.1 Å². The molecule has 1 N–H and O–H groups in total. The second-order valence-corrected chi connectivity index (χ2v) is 7.25. The standard InChI is InChI=1S/C20H21ClN4O2S/c21-18-9-8-17(25(26)27)15-19(18)22-20(28)24-13-11-23(12-14-24)10-4-7-16-5-2-1-3-6-16/h1-9,15H,10-14H2,(H,22,28)/b7-4+. The molecule has 8 heteroatoms. The summed E-state index contributed by atoms with van der Waals surface area (Å²) >= 11 is 11.6. The molecule has 1 heterocycles. The monoisotopic (exact) mass is 416 g/mol. The number of thiocarbonyl (C=S) groups is 1. The van der Waals surface area contributed by atoms with Crippen molar-refractivity contribution in [2.24, 2.45) is 0 Å². The van der Waals surface area contributed by atoms with E-state index in [2.05, 4.69) is 39.4 Å². The van der Waals surface area contributed by atoms with Crippen LogP contribution in [0.4, 0.5) is 11.4 Å². The predicted octanol–water partition coefficient (Wildman–Crippen LogP) is 4.28. The molecule has 6 nitrogen and oxygen atoms in total. The van der Waals surface area contributed by atoms with Crippen LogP contribution in [-0.2, 0) is 0 Å². The van der Waals surface area contributed by atoms with E-state index in [1.54, 1.807) is 0 Å². The second-order valence-electron chi connectivity index (χ2n) is 6.45. The van der Waals surface area contributed by atoms with Gasteiger partial charge in [-0.15, -0.1) is 0 Å². The summed E-state index contributed by atoms with van der Waals surface area (Å²) in [4.78, 5) is 14.9. The van der Waals surface area contributed by atoms with Crippen LogP contribution >= 0.6 is 23.8 Å². The van der Waals surface area contributed by atoms with Gasteiger partial charge in [-0.25, -0.2) is 0 Å². The second kappa shape index (κ2) is 9.64. The maximum absolute atomic E-state index is 10.9. The van der Waals surface area contributed by atoms with E-state index < -0.39 is 4.92 Å². The molecule has 1 aliphatic rings. The summed E-state index contributed by atoms with van der Waals surface area (Å²) in [6.07, 6.45) is 4.30. The van der Waals surface area contributed by atoms with Gasteiger partial charge in [0.05, 0.1) is 15.6 Å². The molecule has 1 aliphatic heterocycles. The Balaban J connectivity index is 1.49. The van der Waals surface area contributed by atoms with Gasteiger partial charge in [0, 0.05) is 44.9 Å². The van der Waals surface area contributed by atoms with Crippen molar-refractivity contribution in [3.05, 3.63) is 75.3 Å². The lowest BCUT2D eigenvalue weighted by Gasteiger charge is -2.35. The quantitative estimate of drug-likeness (QED) is 0.446. The first kappa shape index (κ1) is 20.3. The minimum Gasteiger partial charge on any atom is -0.346 e. The molecule has 0 spiro atoms. The third-order valence-corrected chi connectivity index (χ3v) is 5.23. The Morgan fingerprint density at radius 2 is 1.89 bits per heavy atom. The molecule has 0 bridgehead atoms. The lowest BCUT2D eigenvalue weighted by Crippen LogP contribution is -2.49. The summed E-state index contributed by atoms with van der Waals surface area (Å²) in [5.41, 5.74) is 1.62. The molecular weight excluding hydrogens is 396 g/mol. The van der Waals surface area contributed by atoms with Crippen molar-refractivity contribution in [3.8, 4) is 0 Å². The van der Waals surface area contributed by atoms with E-state index in [1.807, 2.05) is 18.2 Å². The first-order valence-electron chi connectivity index (χ1n) is 8.97. The van der Waals surface area contributed by atoms with Gasteiger partial charge in [-0.3, -0.25) is 15.0 Å². The summed E-state index contributed by atoms with van der Waals surface area (Å²) < 4.78 is 0. The fourth-order valence-corrected chi connectivity index (χ4v) is 3.41. The predicted molar refractivity (Wildman–Crippen MR) is 118 cm³/mol. The number of nitrogens with one attached hydrogen (secondary N) is 1. The summed E-state index contributed by atoms with van der Waals surface area (Å²) in [6, 6.07) is 14.5. The molecule has 0 radical (unpaired) electrons. The fourth-order valence-electron chi connectivity index (χ4n) is 2.95. The zero-order valence-electron chi connectivity index (χ0n) is 15.3.